The zero-order valence-electron chi connectivity index (χ0n) is 17.1. The molecule has 2 rings (SSSR count). The molecular formula is C19H34IN5O2S. The molecule has 0 radical (unpaired) electrons. The highest BCUT2D eigenvalue weighted by Gasteiger charge is 2.19. The lowest BCUT2D eigenvalue weighted by Crippen LogP contribution is -2.48. The number of halogens is 1. The molecule has 1 aliphatic heterocycles. The summed E-state index contributed by atoms with van der Waals surface area (Å²) in [5.74, 6) is 0.808. The topological polar surface area (TPSA) is 85.8 Å². The minimum Gasteiger partial charge on any atom is -0.354 e. The van der Waals surface area contributed by atoms with Crippen LogP contribution in [0.5, 0.6) is 0 Å². The van der Waals surface area contributed by atoms with Gasteiger partial charge in [-0.1, -0.05) is 31.2 Å². The van der Waals surface area contributed by atoms with Crippen molar-refractivity contribution in [1.82, 2.24) is 20.3 Å². The van der Waals surface area contributed by atoms with Crippen molar-refractivity contribution in [3.63, 3.8) is 0 Å². The molecule has 1 aliphatic rings. The Hall–Kier alpha value is -0.910. The monoisotopic (exact) mass is 523 g/mol. The largest absolute Gasteiger partial charge is 0.354 e. The predicted octanol–water partition coefficient (Wildman–Crippen LogP) is 1.89. The molecule has 28 heavy (non-hydrogen) atoms. The summed E-state index contributed by atoms with van der Waals surface area (Å²) in [7, 11) is -0.0220. The molecule has 7 nitrogen and oxygen atoms in total. The Morgan fingerprint density at radius 1 is 1.18 bits per heavy atom. The van der Waals surface area contributed by atoms with Gasteiger partial charge in [-0.25, -0.2) is 13.1 Å². The molecule has 0 atom stereocenters. The Labute approximate surface area is 186 Å². The van der Waals surface area contributed by atoms with Crippen LogP contribution in [0.1, 0.15) is 37.3 Å². The second-order valence-electron chi connectivity index (χ2n) is 6.97. The second-order valence-corrected chi connectivity index (χ2v) is 8.89. The Bertz CT molecular complexity index is 702. The smallest absolute Gasteiger partial charge is 0.215 e. The Morgan fingerprint density at radius 2 is 1.79 bits per heavy atom. The van der Waals surface area contributed by atoms with Crippen molar-refractivity contribution < 1.29 is 8.42 Å². The van der Waals surface area contributed by atoms with Gasteiger partial charge in [-0.2, -0.15) is 0 Å². The van der Waals surface area contributed by atoms with E-state index in [4.69, 9.17) is 0 Å². The SMILES string of the molecule is CCCN1CCC(NC(=NC)NCc2ccc(CS(=O)(=O)NC)cc2)CC1.I. The maximum atomic E-state index is 11.6. The van der Waals surface area contributed by atoms with Gasteiger partial charge >= 0.3 is 0 Å². The van der Waals surface area contributed by atoms with E-state index in [9.17, 15) is 8.42 Å². The van der Waals surface area contributed by atoms with Crippen molar-refractivity contribution in [2.45, 2.75) is 44.5 Å². The van der Waals surface area contributed by atoms with Crippen molar-refractivity contribution >= 4 is 40.0 Å². The molecular weight excluding hydrogens is 489 g/mol. The first kappa shape index (κ1) is 25.1. The number of likely N-dealkylation sites (tertiary alicyclic amines) is 1. The van der Waals surface area contributed by atoms with E-state index in [0.29, 0.717) is 12.6 Å². The summed E-state index contributed by atoms with van der Waals surface area (Å²) in [5.41, 5.74) is 1.86. The summed E-state index contributed by atoms with van der Waals surface area (Å²) in [6.07, 6.45) is 3.48. The number of guanidine groups is 1. The molecule has 0 unspecified atom stereocenters. The van der Waals surface area contributed by atoms with Crippen LogP contribution in [0.3, 0.4) is 0 Å². The lowest BCUT2D eigenvalue weighted by molar-refractivity contribution is 0.206. The molecule has 0 spiro atoms. The number of sulfonamides is 1. The zero-order chi connectivity index (χ0) is 19.7. The number of piperidine rings is 1. The highest BCUT2D eigenvalue weighted by Crippen LogP contribution is 2.11. The molecule has 160 valence electrons. The lowest BCUT2D eigenvalue weighted by atomic mass is 10.1. The molecule has 0 aliphatic carbocycles. The van der Waals surface area contributed by atoms with Gasteiger partial charge in [0.25, 0.3) is 0 Å². The molecule has 0 aromatic heterocycles. The van der Waals surface area contributed by atoms with Crippen LogP contribution < -0.4 is 15.4 Å². The number of hydrogen-bond donors (Lipinski definition) is 3. The maximum Gasteiger partial charge on any atom is 0.215 e. The summed E-state index contributed by atoms with van der Waals surface area (Å²) in [5, 5.41) is 6.86. The number of rotatable bonds is 8. The third-order valence-corrected chi connectivity index (χ3v) is 6.18. The average molecular weight is 523 g/mol. The number of hydrogen-bond acceptors (Lipinski definition) is 4. The van der Waals surface area contributed by atoms with E-state index in [-0.39, 0.29) is 29.7 Å². The van der Waals surface area contributed by atoms with Crippen LogP contribution in [0.15, 0.2) is 29.3 Å². The summed E-state index contributed by atoms with van der Waals surface area (Å²) in [4.78, 5) is 6.84. The lowest BCUT2D eigenvalue weighted by Gasteiger charge is -2.32. The highest BCUT2D eigenvalue weighted by atomic mass is 127. The van der Waals surface area contributed by atoms with Crippen molar-refractivity contribution in [3.05, 3.63) is 35.4 Å². The normalized spacial score (nSPS) is 16.5. The van der Waals surface area contributed by atoms with Crippen LogP contribution in [-0.2, 0) is 22.3 Å². The first-order chi connectivity index (χ1) is 13.0. The number of nitrogens with zero attached hydrogens (tertiary/aromatic N) is 2. The van der Waals surface area contributed by atoms with Gasteiger partial charge in [-0.05, 0) is 44.0 Å². The van der Waals surface area contributed by atoms with Crippen molar-refractivity contribution in [2.75, 3.05) is 33.7 Å². The molecule has 1 heterocycles. The summed E-state index contributed by atoms with van der Waals surface area (Å²) < 4.78 is 25.5. The van der Waals surface area contributed by atoms with Gasteiger partial charge < -0.3 is 15.5 Å². The van der Waals surface area contributed by atoms with Crippen molar-refractivity contribution in [3.8, 4) is 0 Å². The molecule has 1 aromatic rings. The fourth-order valence-corrected chi connectivity index (χ4v) is 4.01. The van der Waals surface area contributed by atoms with Gasteiger partial charge in [0.15, 0.2) is 5.96 Å². The van der Waals surface area contributed by atoms with Crippen LogP contribution >= 0.6 is 24.0 Å². The first-order valence-electron chi connectivity index (χ1n) is 9.64. The van der Waals surface area contributed by atoms with E-state index in [1.807, 2.05) is 24.3 Å². The van der Waals surface area contributed by atoms with Gasteiger partial charge in [0.2, 0.25) is 10.0 Å². The van der Waals surface area contributed by atoms with Crippen LogP contribution in [0, 0.1) is 0 Å². The Balaban J connectivity index is 0.00000392. The fourth-order valence-electron chi connectivity index (χ4n) is 3.24. The van der Waals surface area contributed by atoms with Crippen LogP contribution in [-0.4, -0.2) is 59.0 Å². The zero-order valence-corrected chi connectivity index (χ0v) is 20.2. The summed E-state index contributed by atoms with van der Waals surface area (Å²) in [6, 6.07) is 8.06. The van der Waals surface area contributed by atoms with Gasteiger partial charge in [0.05, 0.1) is 5.75 Å². The van der Waals surface area contributed by atoms with E-state index in [1.54, 1.807) is 7.05 Å². The van der Waals surface area contributed by atoms with Gasteiger partial charge in [-0.3, -0.25) is 4.99 Å². The van der Waals surface area contributed by atoms with Crippen LogP contribution in [0.2, 0.25) is 0 Å². The predicted molar refractivity (Wildman–Crippen MR) is 127 cm³/mol. The van der Waals surface area contributed by atoms with Gasteiger partial charge in [0, 0.05) is 32.7 Å². The number of aliphatic imine (C=N–C) groups is 1. The molecule has 0 saturated carbocycles. The number of nitrogens with one attached hydrogen (secondary N) is 3. The van der Waals surface area contributed by atoms with Gasteiger partial charge in [0.1, 0.15) is 0 Å². The summed E-state index contributed by atoms with van der Waals surface area (Å²) in [6.45, 7) is 6.33. The van der Waals surface area contributed by atoms with Crippen LogP contribution in [0.4, 0.5) is 0 Å². The van der Waals surface area contributed by atoms with E-state index in [2.05, 4.69) is 32.2 Å². The maximum absolute atomic E-state index is 11.6. The molecule has 3 N–H and O–H groups in total. The molecule has 0 bridgehead atoms. The standard InChI is InChI=1S/C19H33N5O2S.HI/c1-4-11-24-12-9-18(10-13-24)23-19(20-2)22-14-16-5-7-17(8-6-16)15-27(25,26)21-3;/h5-8,18,21H,4,9-15H2,1-3H3,(H2,20,22,23);1H. The molecule has 9 heteroatoms. The van der Waals surface area contributed by atoms with E-state index in [1.165, 1.54) is 20.0 Å². The Morgan fingerprint density at radius 3 is 2.32 bits per heavy atom. The molecule has 0 amide bonds. The first-order valence-corrected chi connectivity index (χ1v) is 11.3. The van der Waals surface area contributed by atoms with Crippen molar-refractivity contribution in [2.24, 2.45) is 4.99 Å². The minimum atomic E-state index is -3.24. The quantitative estimate of drug-likeness (QED) is 0.276. The fraction of sp³-hybridized carbons (Fsp3) is 0.632. The minimum absolute atomic E-state index is 0. The third-order valence-electron chi connectivity index (χ3n) is 4.84. The number of benzene rings is 1. The van der Waals surface area contributed by atoms with Crippen LogP contribution in [0.25, 0.3) is 0 Å². The molecule has 1 fully saturated rings. The Kier molecular flexibility index (Phi) is 11.3. The summed E-state index contributed by atoms with van der Waals surface area (Å²) >= 11 is 0. The van der Waals surface area contributed by atoms with Crippen molar-refractivity contribution in [1.29, 1.82) is 0 Å². The average Bonchev–Trinajstić information content (AvgIpc) is 2.67. The second kappa shape index (κ2) is 12.6. The van der Waals surface area contributed by atoms with E-state index in [0.717, 1.165) is 43.0 Å². The van der Waals surface area contributed by atoms with Gasteiger partial charge in [-0.15, -0.1) is 24.0 Å². The van der Waals surface area contributed by atoms with E-state index >= 15 is 0 Å². The molecule has 1 aromatic carbocycles. The third kappa shape index (κ3) is 8.62. The molecule has 1 saturated heterocycles. The highest BCUT2D eigenvalue weighted by molar-refractivity contribution is 14.0. The van der Waals surface area contributed by atoms with E-state index < -0.39 is 10.0 Å².